The van der Waals surface area contributed by atoms with E-state index in [1.165, 1.54) is 19.2 Å². The highest BCUT2D eigenvalue weighted by molar-refractivity contribution is 7.92. The van der Waals surface area contributed by atoms with Gasteiger partial charge in [-0.15, -0.1) is 0 Å². The Morgan fingerprint density at radius 3 is 2.26 bits per heavy atom. The lowest BCUT2D eigenvalue weighted by molar-refractivity contribution is -0.141. The lowest BCUT2D eigenvalue weighted by atomic mass is 9.91. The summed E-state index contributed by atoms with van der Waals surface area (Å²) < 4.78 is 72.8. The van der Waals surface area contributed by atoms with E-state index in [4.69, 9.17) is 11.6 Å². The molecule has 42 heavy (non-hydrogen) atoms. The number of nitrogens with zero attached hydrogens (tertiary/aromatic N) is 1. The number of halogens is 4. The number of rotatable bonds is 8. The second-order valence-corrected chi connectivity index (χ2v) is 13.1. The van der Waals surface area contributed by atoms with Gasteiger partial charge in [-0.2, -0.15) is 0 Å². The first-order valence-corrected chi connectivity index (χ1v) is 15.2. The third-order valence-electron chi connectivity index (χ3n) is 7.30. The highest BCUT2D eigenvalue weighted by Gasteiger charge is 2.44. The molecular weight excluding hydrogens is 599 g/mol. The van der Waals surface area contributed by atoms with Gasteiger partial charge < -0.3 is 20.3 Å². The minimum atomic E-state index is -4.13. The number of hydrogen-bond donors (Lipinski definition) is 2. The molecule has 2 aromatic carbocycles. The average molecular weight is 632 g/mol. The Kier molecular flexibility index (Phi) is 10.5. The van der Waals surface area contributed by atoms with Crippen LogP contribution in [0.3, 0.4) is 0 Å². The number of methoxy groups -OCH3 is 1. The van der Waals surface area contributed by atoms with Crippen molar-refractivity contribution in [2.24, 2.45) is 5.92 Å². The van der Waals surface area contributed by atoms with Gasteiger partial charge in [0.25, 0.3) is 5.91 Å². The van der Waals surface area contributed by atoms with Crippen LogP contribution in [0.2, 0.25) is 5.02 Å². The summed E-state index contributed by atoms with van der Waals surface area (Å²) in [6, 6.07) is 2.84. The molecule has 3 amide bonds. The molecule has 9 nitrogen and oxygen atoms in total. The number of amides is 3. The Labute approximate surface area is 247 Å². The predicted octanol–water partition coefficient (Wildman–Crippen LogP) is 5.32. The van der Waals surface area contributed by atoms with Crippen LogP contribution in [0.4, 0.5) is 23.7 Å². The van der Waals surface area contributed by atoms with Crippen molar-refractivity contribution < 1.29 is 40.7 Å². The average Bonchev–Trinajstić information content (AvgIpc) is 2.93. The summed E-state index contributed by atoms with van der Waals surface area (Å²) in [4.78, 5) is 39.5. The summed E-state index contributed by atoms with van der Waals surface area (Å²) in [6.07, 6.45) is -0.173. The number of hydrogen-bond acceptors (Lipinski definition) is 6. The van der Waals surface area contributed by atoms with Crippen molar-refractivity contribution in [3.63, 3.8) is 0 Å². The second-order valence-electron chi connectivity index (χ2n) is 10.5. The number of piperidine rings is 1. The SMILES string of the molecule is CCC1C[C@@H](S(=O)(=O)c2cc(C(=O)Nc3cc(F)c(F)c(F)c3)ccc2Cl)C[C@H](C)N1C(=O)[C@@H](NC(=O)OC)C(C)C. The van der Waals surface area contributed by atoms with Crippen LogP contribution >= 0.6 is 11.6 Å². The van der Waals surface area contributed by atoms with Gasteiger partial charge in [0.15, 0.2) is 27.3 Å². The van der Waals surface area contributed by atoms with Gasteiger partial charge in [0.2, 0.25) is 5.91 Å². The van der Waals surface area contributed by atoms with Crippen molar-refractivity contribution in [3.05, 3.63) is 58.4 Å². The number of anilines is 1. The molecule has 1 aliphatic rings. The molecular formula is C28H33ClF3N3O6S. The summed E-state index contributed by atoms with van der Waals surface area (Å²) in [5.74, 6) is -6.22. The molecule has 2 aromatic rings. The smallest absolute Gasteiger partial charge is 0.407 e. The molecule has 1 fully saturated rings. The third-order valence-corrected chi connectivity index (χ3v) is 9.96. The Hall–Kier alpha value is -3.32. The fraction of sp³-hybridized carbons (Fsp3) is 0.464. The van der Waals surface area contributed by atoms with Crippen LogP contribution in [-0.2, 0) is 19.4 Å². The van der Waals surface area contributed by atoms with Crippen LogP contribution in [0.25, 0.3) is 0 Å². The summed E-state index contributed by atoms with van der Waals surface area (Å²) in [7, 11) is -2.94. The van der Waals surface area contributed by atoms with E-state index in [2.05, 4.69) is 15.4 Å². The minimum Gasteiger partial charge on any atom is -0.453 e. The monoisotopic (exact) mass is 631 g/mol. The number of alkyl carbamates (subject to hydrolysis) is 1. The molecule has 3 rings (SSSR count). The molecule has 4 atom stereocenters. The Morgan fingerprint density at radius 1 is 1.10 bits per heavy atom. The number of likely N-dealkylation sites (tertiary alicyclic amines) is 1. The van der Waals surface area contributed by atoms with E-state index in [9.17, 15) is 36.0 Å². The fourth-order valence-electron chi connectivity index (χ4n) is 5.11. The largest absolute Gasteiger partial charge is 0.453 e. The summed E-state index contributed by atoms with van der Waals surface area (Å²) in [6.45, 7) is 7.10. The maximum atomic E-state index is 13.8. The molecule has 0 aliphatic carbocycles. The molecule has 0 aromatic heterocycles. The molecule has 1 unspecified atom stereocenters. The summed E-state index contributed by atoms with van der Waals surface area (Å²) >= 11 is 6.28. The first-order chi connectivity index (χ1) is 19.6. The highest BCUT2D eigenvalue weighted by atomic mass is 35.5. The van der Waals surface area contributed by atoms with Crippen LogP contribution in [-0.4, -0.2) is 61.7 Å². The molecule has 0 spiro atoms. The maximum absolute atomic E-state index is 13.8. The first-order valence-electron chi connectivity index (χ1n) is 13.3. The van der Waals surface area contributed by atoms with Crippen molar-refractivity contribution >= 4 is 45.0 Å². The molecule has 0 saturated carbocycles. The zero-order chi connectivity index (χ0) is 31.5. The number of benzene rings is 2. The lowest BCUT2D eigenvalue weighted by Crippen LogP contribution is -2.60. The molecule has 1 heterocycles. The first kappa shape index (κ1) is 33.2. The van der Waals surface area contributed by atoms with E-state index in [0.717, 1.165) is 6.07 Å². The van der Waals surface area contributed by atoms with Gasteiger partial charge in [0, 0.05) is 35.5 Å². The Balaban J connectivity index is 1.88. The minimum absolute atomic E-state index is 0.0640. The Morgan fingerprint density at radius 2 is 1.71 bits per heavy atom. The topological polar surface area (TPSA) is 122 Å². The van der Waals surface area contributed by atoms with E-state index in [0.29, 0.717) is 18.6 Å². The van der Waals surface area contributed by atoms with E-state index in [-0.39, 0.29) is 45.8 Å². The second kappa shape index (κ2) is 13.3. The van der Waals surface area contributed by atoms with E-state index < -0.39 is 62.7 Å². The normalized spacial score (nSPS) is 19.8. The van der Waals surface area contributed by atoms with Crippen LogP contribution in [0.5, 0.6) is 0 Å². The van der Waals surface area contributed by atoms with Gasteiger partial charge in [-0.1, -0.05) is 32.4 Å². The molecule has 2 N–H and O–H groups in total. The van der Waals surface area contributed by atoms with Crippen molar-refractivity contribution in [1.29, 1.82) is 0 Å². The predicted molar refractivity (Wildman–Crippen MR) is 150 cm³/mol. The van der Waals surface area contributed by atoms with Crippen molar-refractivity contribution in [2.75, 3.05) is 12.4 Å². The summed E-state index contributed by atoms with van der Waals surface area (Å²) in [5.41, 5.74) is -0.529. The number of ether oxygens (including phenoxy) is 1. The third kappa shape index (κ3) is 7.00. The highest BCUT2D eigenvalue weighted by Crippen LogP contribution is 2.36. The quantitative estimate of drug-likeness (QED) is 0.380. The molecule has 0 radical (unpaired) electrons. The molecule has 0 bridgehead atoms. The van der Waals surface area contributed by atoms with Gasteiger partial charge >= 0.3 is 6.09 Å². The Bertz CT molecular complexity index is 1450. The zero-order valence-electron chi connectivity index (χ0n) is 23.7. The standard InChI is InChI=1S/C28H33ClF3N3O6S/c1-6-18-13-19(9-15(4)35(18)27(37)25(14(2)3)34-28(38)41-5)42(39,40)23-10-16(7-8-20(23)29)26(36)33-17-11-21(30)24(32)22(31)12-17/h7-8,10-12,14-15,18-19,25H,6,9,13H2,1-5H3,(H,33,36)(H,34,38)/t15-,18?,19-,25-/m0/s1. The molecule has 230 valence electrons. The number of sulfone groups is 1. The van der Waals surface area contributed by atoms with E-state index >= 15 is 0 Å². The number of nitrogens with one attached hydrogen (secondary N) is 2. The van der Waals surface area contributed by atoms with Gasteiger partial charge in [-0.3, -0.25) is 9.59 Å². The lowest BCUT2D eigenvalue weighted by Gasteiger charge is -2.45. The molecule has 1 saturated heterocycles. The van der Waals surface area contributed by atoms with Gasteiger partial charge in [0.05, 0.1) is 22.3 Å². The fourth-order valence-corrected chi connectivity index (χ4v) is 7.55. The zero-order valence-corrected chi connectivity index (χ0v) is 25.3. The van der Waals surface area contributed by atoms with Crippen LogP contribution in [0, 0.1) is 23.4 Å². The van der Waals surface area contributed by atoms with Gasteiger partial charge in [0.1, 0.15) is 6.04 Å². The molecule has 14 heteroatoms. The summed E-state index contributed by atoms with van der Waals surface area (Å²) in [5, 5.41) is 3.69. The van der Waals surface area contributed by atoms with Gasteiger partial charge in [-0.25, -0.2) is 26.4 Å². The number of carbonyl (C=O) groups is 3. The van der Waals surface area contributed by atoms with Crippen molar-refractivity contribution in [1.82, 2.24) is 10.2 Å². The number of carbonyl (C=O) groups excluding carboxylic acids is 3. The van der Waals surface area contributed by atoms with Crippen LogP contribution in [0.15, 0.2) is 35.2 Å². The van der Waals surface area contributed by atoms with E-state index in [1.54, 1.807) is 25.7 Å². The van der Waals surface area contributed by atoms with Crippen molar-refractivity contribution in [2.45, 2.75) is 75.2 Å². The van der Waals surface area contributed by atoms with E-state index in [1.807, 2.05) is 6.92 Å². The molecule has 1 aliphatic heterocycles. The van der Waals surface area contributed by atoms with Crippen LogP contribution in [0.1, 0.15) is 57.3 Å². The van der Waals surface area contributed by atoms with Crippen molar-refractivity contribution in [3.8, 4) is 0 Å². The van der Waals surface area contributed by atoms with Crippen LogP contribution < -0.4 is 10.6 Å². The maximum Gasteiger partial charge on any atom is 0.407 e. The van der Waals surface area contributed by atoms with Gasteiger partial charge in [-0.05, 0) is 50.3 Å².